The smallest absolute Gasteiger partial charge is 0.414 e. The highest BCUT2D eigenvalue weighted by atomic mass is 32.1. The van der Waals surface area contributed by atoms with Crippen LogP contribution in [0.5, 0.6) is 0 Å². The summed E-state index contributed by atoms with van der Waals surface area (Å²) in [6.07, 6.45) is 0.388. The van der Waals surface area contributed by atoms with Gasteiger partial charge in [-0.1, -0.05) is 0 Å². The summed E-state index contributed by atoms with van der Waals surface area (Å²) in [7, 11) is 0. The number of ether oxygens (including phenoxy) is 2. The van der Waals surface area contributed by atoms with E-state index in [1.165, 1.54) is 35.6 Å². The second-order valence-corrected chi connectivity index (χ2v) is 8.31. The maximum atomic E-state index is 14.9. The number of nitrogens with zero attached hydrogens (tertiary/aromatic N) is 5. The summed E-state index contributed by atoms with van der Waals surface area (Å²) in [6, 6.07) is 4.47. The minimum absolute atomic E-state index is 0.194. The van der Waals surface area contributed by atoms with Gasteiger partial charge in [0.15, 0.2) is 5.69 Å². The highest BCUT2D eigenvalue weighted by Crippen LogP contribution is 2.29. The Morgan fingerprint density at radius 3 is 2.85 bits per heavy atom. The van der Waals surface area contributed by atoms with Crippen LogP contribution in [0, 0.1) is 5.82 Å². The third-order valence-electron chi connectivity index (χ3n) is 5.09. The lowest BCUT2D eigenvalue weighted by molar-refractivity contribution is -0.119. The Kier molecular flexibility index (Phi) is 6.91. The summed E-state index contributed by atoms with van der Waals surface area (Å²) >= 11 is 1.27. The molecule has 2 amide bonds. The first-order chi connectivity index (χ1) is 16.4. The molecular formula is C21H23FN6O5S. The second kappa shape index (κ2) is 10.0. The van der Waals surface area contributed by atoms with Crippen LogP contribution in [0.4, 0.5) is 25.7 Å². The van der Waals surface area contributed by atoms with Gasteiger partial charge in [0.2, 0.25) is 11.0 Å². The summed E-state index contributed by atoms with van der Waals surface area (Å²) in [5.74, 6) is -1.23. The Balaban J connectivity index is 1.41. The van der Waals surface area contributed by atoms with Crippen molar-refractivity contribution in [2.75, 3.05) is 47.6 Å². The molecule has 1 saturated heterocycles. The molecule has 11 nitrogen and oxygen atoms in total. The molecule has 0 aliphatic carbocycles. The number of hydrogen-bond donors (Lipinski definition) is 1. The molecule has 13 heteroatoms. The van der Waals surface area contributed by atoms with Crippen LogP contribution in [-0.4, -0.2) is 68.2 Å². The largest absolute Gasteiger partial charge is 0.461 e. The SMILES string of the molecule is CCOC(=O)c1csc(N2CCN(c3ccc(N4CC(CNC(C)=O)OC4=O)cc3F)C=N2)n1. The van der Waals surface area contributed by atoms with Crippen molar-refractivity contribution in [2.24, 2.45) is 5.10 Å². The van der Waals surface area contributed by atoms with Gasteiger partial charge >= 0.3 is 12.1 Å². The van der Waals surface area contributed by atoms with Crippen molar-refractivity contribution >= 4 is 52.2 Å². The summed E-state index contributed by atoms with van der Waals surface area (Å²) in [4.78, 5) is 42.3. The Bertz CT molecular complexity index is 1120. The van der Waals surface area contributed by atoms with Crippen LogP contribution in [0.15, 0.2) is 28.7 Å². The molecule has 2 aliphatic heterocycles. The van der Waals surface area contributed by atoms with Crippen molar-refractivity contribution in [2.45, 2.75) is 20.0 Å². The lowest BCUT2D eigenvalue weighted by Crippen LogP contribution is -2.38. The van der Waals surface area contributed by atoms with E-state index in [4.69, 9.17) is 9.47 Å². The van der Waals surface area contributed by atoms with Crippen molar-refractivity contribution in [1.82, 2.24) is 10.3 Å². The van der Waals surface area contributed by atoms with Gasteiger partial charge in [-0.25, -0.2) is 24.0 Å². The lowest BCUT2D eigenvalue weighted by Gasteiger charge is -2.29. The van der Waals surface area contributed by atoms with Crippen molar-refractivity contribution in [3.63, 3.8) is 0 Å². The zero-order chi connectivity index (χ0) is 24.2. The molecule has 0 saturated carbocycles. The lowest BCUT2D eigenvalue weighted by atomic mass is 10.2. The highest BCUT2D eigenvalue weighted by Gasteiger charge is 2.33. The molecule has 1 aromatic heterocycles. The van der Waals surface area contributed by atoms with Crippen LogP contribution < -0.4 is 20.1 Å². The maximum Gasteiger partial charge on any atom is 0.414 e. The number of esters is 1. The first-order valence-corrected chi connectivity index (χ1v) is 11.5. The fourth-order valence-corrected chi connectivity index (χ4v) is 4.22. The molecule has 0 spiro atoms. The van der Waals surface area contributed by atoms with E-state index in [0.29, 0.717) is 29.6 Å². The van der Waals surface area contributed by atoms with E-state index in [2.05, 4.69) is 15.4 Å². The third kappa shape index (κ3) is 5.09. The monoisotopic (exact) mass is 490 g/mol. The number of benzene rings is 1. The first kappa shape index (κ1) is 23.4. The van der Waals surface area contributed by atoms with Crippen LogP contribution in [0.25, 0.3) is 0 Å². The molecule has 4 rings (SSSR count). The van der Waals surface area contributed by atoms with Gasteiger partial charge in [-0.05, 0) is 25.1 Å². The summed E-state index contributed by atoms with van der Waals surface area (Å²) in [5, 5.41) is 10.7. The van der Waals surface area contributed by atoms with E-state index in [0.717, 1.165) is 0 Å². The summed E-state index contributed by atoms with van der Waals surface area (Å²) in [5.41, 5.74) is 0.892. The number of carbonyl (C=O) groups is 3. The maximum absolute atomic E-state index is 14.9. The topological polar surface area (TPSA) is 117 Å². The van der Waals surface area contributed by atoms with Crippen LogP contribution in [0.2, 0.25) is 0 Å². The number of amides is 2. The van der Waals surface area contributed by atoms with Crippen LogP contribution in [0.1, 0.15) is 24.3 Å². The van der Waals surface area contributed by atoms with Gasteiger partial charge in [0.05, 0.1) is 37.6 Å². The Hall–Kier alpha value is -3.74. The number of anilines is 3. The molecular weight excluding hydrogens is 467 g/mol. The average molecular weight is 491 g/mol. The molecule has 180 valence electrons. The Labute approximate surface area is 198 Å². The third-order valence-corrected chi connectivity index (χ3v) is 5.94. The van der Waals surface area contributed by atoms with Gasteiger partial charge in [0.1, 0.15) is 18.3 Å². The minimum Gasteiger partial charge on any atom is -0.461 e. The Morgan fingerprint density at radius 1 is 1.35 bits per heavy atom. The predicted octanol–water partition coefficient (Wildman–Crippen LogP) is 2.19. The van der Waals surface area contributed by atoms with E-state index in [1.54, 1.807) is 34.3 Å². The summed E-state index contributed by atoms with van der Waals surface area (Å²) in [6.45, 7) is 4.63. The van der Waals surface area contributed by atoms with Crippen LogP contribution in [0.3, 0.4) is 0 Å². The molecule has 0 radical (unpaired) electrons. The number of cyclic esters (lactones) is 1. The predicted molar refractivity (Wildman–Crippen MR) is 124 cm³/mol. The van der Waals surface area contributed by atoms with E-state index in [1.807, 2.05) is 0 Å². The van der Waals surface area contributed by atoms with Gasteiger partial charge in [-0.15, -0.1) is 11.3 Å². The van der Waals surface area contributed by atoms with Crippen molar-refractivity contribution in [3.8, 4) is 0 Å². The number of carbonyl (C=O) groups excluding carboxylic acids is 3. The van der Waals surface area contributed by atoms with Gasteiger partial charge in [0, 0.05) is 18.8 Å². The number of halogens is 1. The van der Waals surface area contributed by atoms with Gasteiger partial charge in [0.25, 0.3) is 0 Å². The van der Waals surface area contributed by atoms with E-state index in [-0.39, 0.29) is 31.3 Å². The number of nitrogens with one attached hydrogen (secondary N) is 1. The molecule has 0 bridgehead atoms. The van der Waals surface area contributed by atoms with E-state index >= 15 is 0 Å². The minimum atomic E-state index is -0.594. The molecule has 2 aliphatic rings. The molecule has 1 unspecified atom stereocenters. The molecule has 1 fully saturated rings. The molecule has 3 heterocycles. The molecule has 1 atom stereocenters. The zero-order valence-corrected chi connectivity index (χ0v) is 19.4. The zero-order valence-electron chi connectivity index (χ0n) is 18.6. The number of aromatic nitrogens is 1. The standard InChI is InChI=1S/C21H23FN6O5S/c1-3-32-19(30)17-11-34-20(25-17)28-7-6-26(12-24-28)18-5-4-14(8-16(18)22)27-10-15(33-21(27)31)9-23-13(2)29/h4-5,8,11-12,15H,3,6-7,9-10H2,1-2H3,(H,23,29). The van der Waals surface area contributed by atoms with Gasteiger partial charge < -0.3 is 19.7 Å². The van der Waals surface area contributed by atoms with Crippen LogP contribution in [-0.2, 0) is 14.3 Å². The van der Waals surface area contributed by atoms with Crippen molar-refractivity contribution in [3.05, 3.63) is 35.1 Å². The first-order valence-electron chi connectivity index (χ1n) is 10.6. The number of hydrogen-bond acceptors (Lipinski definition) is 10. The molecule has 1 aromatic carbocycles. The number of rotatable bonds is 7. The second-order valence-electron chi connectivity index (χ2n) is 7.47. The molecule has 2 aromatic rings. The summed E-state index contributed by atoms with van der Waals surface area (Å²) < 4.78 is 25.1. The molecule has 1 N–H and O–H groups in total. The van der Waals surface area contributed by atoms with Crippen LogP contribution >= 0.6 is 11.3 Å². The van der Waals surface area contributed by atoms with Crippen molar-refractivity contribution < 1.29 is 28.2 Å². The van der Waals surface area contributed by atoms with Gasteiger partial charge in [-0.3, -0.25) is 9.69 Å². The average Bonchev–Trinajstić information content (AvgIpc) is 3.45. The number of hydrazone groups is 1. The number of thiazole rings is 1. The molecule has 34 heavy (non-hydrogen) atoms. The quantitative estimate of drug-likeness (QED) is 0.587. The van der Waals surface area contributed by atoms with E-state index in [9.17, 15) is 18.8 Å². The Morgan fingerprint density at radius 2 is 2.18 bits per heavy atom. The van der Waals surface area contributed by atoms with E-state index < -0.39 is 24.0 Å². The van der Waals surface area contributed by atoms with Gasteiger partial charge in [-0.2, -0.15) is 5.10 Å². The van der Waals surface area contributed by atoms with Crippen molar-refractivity contribution in [1.29, 1.82) is 0 Å². The highest BCUT2D eigenvalue weighted by molar-refractivity contribution is 7.13. The fraction of sp³-hybridized carbons (Fsp3) is 0.381. The normalized spacial score (nSPS) is 17.7. The fourth-order valence-electron chi connectivity index (χ4n) is 3.44.